The van der Waals surface area contributed by atoms with Crippen molar-refractivity contribution in [2.45, 2.75) is 46.6 Å². The Bertz CT molecular complexity index is 299. The number of nitrogens with zero attached hydrogens (tertiary/aromatic N) is 1. The Labute approximate surface area is 97.0 Å². The largest absolute Gasteiger partial charge is 0.463 e. The standard InChI is InChI=1S/C12H21NO3/c1-6-9-10(8(3)4)12(5,16-13-9)11(14)15-7-2/h8,10H,6-7H2,1-5H3. The molecule has 0 aromatic heterocycles. The van der Waals surface area contributed by atoms with Crippen LogP contribution in [0.25, 0.3) is 0 Å². The van der Waals surface area contributed by atoms with Gasteiger partial charge in [-0.3, -0.25) is 0 Å². The highest BCUT2D eigenvalue weighted by molar-refractivity contribution is 5.95. The molecule has 0 bridgehead atoms. The third-order valence-electron chi connectivity index (χ3n) is 3.01. The SMILES string of the molecule is CCOC(=O)C1(C)ON=C(CC)C1C(C)C. The number of carbonyl (C=O) groups excluding carboxylic acids is 1. The lowest BCUT2D eigenvalue weighted by Crippen LogP contribution is -2.47. The summed E-state index contributed by atoms with van der Waals surface area (Å²) in [5.41, 5.74) is 0.000697. The van der Waals surface area contributed by atoms with Gasteiger partial charge in [0.15, 0.2) is 0 Å². The van der Waals surface area contributed by atoms with E-state index in [1.807, 2.05) is 6.92 Å². The van der Waals surface area contributed by atoms with Crippen LogP contribution in [0.15, 0.2) is 5.16 Å². The van der Waals surface area contributed by atoms with E-state index >= 15 is 0 Å². The molecule has 0 radical (unpaired) electrons. The van der Waals surface area contributed by atoms with E-state index in [4.69, 9.17) is 9.57 Å². The summed E-state index contributed by atoms with van der Waals surface area (Å²) in [5, 5.41) is 4.03. The van der Waals surface area contributed by atoms with Crippen LogP contribution in [0.2, 0.25) is 0 Å². The fraction of sp³-hybridized carbons (Fsp3) is 0.833. The van der Waals surface area contributed by atoms with Gasteiger partial charge in [0.25, 0.3) is 0 Å². The highest BCUT2D eigenvalue weighted by Gasteiger charge is 2.52. The van der Waals surface area contributed by atoms with E-state index in [0.717, 1.165) is 12.1 Å². The van der Waals surface area contributed by atoms with E-state index in [1.165, 1.54) is 0 Å². The number of esters is 1. The third kappa shape index (κ3) is 2.06. The normalized spacial score (nSPS) is 28.9. The summed E-state index contributed by atoms with van der Waals surface area (Å²) < 4.78 is 5.06. The van der Waals surface area contributed by atoms with E-state index in [1.54, 1.807) is 13.8 Å². The number of oxime groups is 1. The first-order chi connectivity index (χ1) is 7.47. The molecule has 0 amide bonds. The Balaban J connectivity index is 2.93. The van der Waals surface area contributed by atoms with Crippen molar-refractivity contribution in [1.82, 2.24) is 0 Å². The summed E-state index contributed by atoms with van der Waals surface area (Å²) in [7, 11) is 0. The van der Waals surface area contributed by atoms with Crippen LogP contribution < -0.4 is 0 Å². The second-order valence-electron chi connectivity index (χ2n) is 4.58. The maximum Gasteiger partial charge on any atom is 0.353 e. The fourth-order valence-corrected chi connectivity index (χ4v) is 2.33. The molecule has 0 aromatic rings. The summed E-state index contributed by atoms with van der Waals surface area (Å²) in [5.74, 6) is -0.00643. The van der Waals surface area contributed by atoms with Crippen molar-refractivity contribution in [3.63, 3.8) is 0 Å². The Morgan fingerprint density at radius 2 is 2.19 bits per heavy atom. The molecule has 2 atom stereocenters. The average molecular weight is 227 g/mol. The van der Waals surface area contributed by atoms with Gasteiger partial charge in [-0.05, 0) is 26.2 Å². The van der Waals surface area contributed by atoms with Crippen LogP contribution in [0.3, 0.4) is 0 Å². The summed E-state index contributed by atoms with van der Waals surface area (Å²) in [4.78, 5) is 17.3. The summed E-state index contributed by atoms with van der Waals surface area (Å²) in [6.07, 6.45) is 0.803. The minimum Gasteiger partial charge on any atom is -0.463 e. The van der Waals surface area contributed by atoms with Crippen molar-refractivity contribution in [1.29, 1.82) is 0 Å². The Morgan fingerprint density at radius 1 is 1.56 bits per heavy atom. The van der Waals surface area contributed by atoms with Crippen LogP contribution in [0.5, 0.6) is 0 Å². The van der Waals surface area contributed by atoms with Crippen molar-refractivity contribution in [2.75, 3.05) is 6.61 Å². The number of carbonyl (C=O) groups is 1. The molecule has 16 heavy (non-hydrogen) atoms. The zero-order valence-electron chi connectivity index (χ0n) is 10.7. The molecule has 1 aliphatic heterocycles. The van der Waals surface area contributed by atoms with Crippen molar-refractivity contribution in [2.24, 2.45) is 17.0 Å². The zero-order chi connectivity index (χ0) is 12.3. The predicted octanol–water partition coefficient (Wildman–Crippen LogP) is 2.38. The number of hydrogen-bond acceptors (Lipinski definition) is 4. The minimum absolute atomic E-state index is 0.0107. The molecule has 1 heterocycles. The van der Waals surface area contributed by atoms with Gasteiger partial charge in [-0.25, -0.2) is 4.79 Å². The zero-order valence-corrected chi connectivity index (χ0v) is 10.7. The Kier molecular flexibility index (Phi) is 3.94. The lowest BCUT2D eigenvalue weighted by Gasteiger charge is -2.29. The van der Waals surface area contributed by atoms with Gasteiger partial charge in [-0.2, -0.15) is 0 Å². The molecular formula is C12H21NO3. The van der Waals surface area contributed by atoms with E-state index in [9.17, 15) is 4.79 Å². The molecule has 4 nitrogen and oxygen atoms in total. The maximum absolute atomic E-state index is 11.9. The topological polar surface area (TPSA) is 47.9 Å². The molecule has 0 saturated heterocycles. The average Bonchev–Trinajstić information content (AvgIpc) is 2.57. The number of ether oxygens (including phenoxy) is 1. The lowest BCUT2D eigenvalue weighted by molar-refractivity contribution is -0.172. The summed E-state index contributed by atoms with van der Waals surface area (Å²) in [6.45, 7) is 10.1. The lowest BCUT2D eigenvalue weighted by atomic mass is 9.77. The van der Waals surface area contributed by atoms with Crippen LogP contribution in [-0.4, -0.2) is 23.9 Å². The van der Waals surface area contributed by atoms with E-state index in [0.29, 0.717) is 12.5 Å². The molecule has 1 aliphatic rings. The van der Waals surface area contributed by atoms with Crippen molar-refractivity contribution in [3.8, 4) is 0 Å². The number of hydrogen-bond donors (Lipinski definition) is 0. The van der Waals surface area contributed by atoms with E-state index < -0.39 is 5.60 Å². The summed E-state index contributed by atoms with van der Waals surface area (Å²) >= 11 is 0. The maximum atomic E-state index is 11.9. The molecule has 92 valence electrons. The molecule has 2 unspecified atom stereocenters. The van der Waals surface area contributed by atoms with E-state index in [-0.39, 0.29) is 11.9 Å². The molecule has 0 aromatic carbocycles. The first kappa shape index (κ1) is 13.0. The van der Waals surface area contributed by atoms with Gasteiger partial charge in [0.05, 0.1) is 18.2 Å². The molecule has 0 N–H and O–H groups in total. The van der Waals surface area contributed by atoms with Gasteiger partial charge in [0, 0.05) is 0 Å². The minimum atomic E-state index is -0.949. The van der Waals surface area contributed by atoms with E-state index in [2.05, 4.69) is 19.0 Å². The monoisotopic (exact) mass is 227 g/mol. The van der Waals surface area contributed by atoms with Gasteiger partial charge in [0.2, 0.25) is 5.60 Å². The smallest absolute Gasteiger partial charge is 0.353 e. The quantitative estimate of drug-likeness (QED) is 0.693. The van der Waals surface area contributed by atoms with Crippen LogP contribution in [0.1, 0.15) is 41.0 Å². The first-order valence-electron chi connectivity index (χ1n) is 5.89. The Morgan fingerprint density at radius 3 is 2.62 bits per heavy atom. The second kappa shape index (κ2) is 4.85. The Hall–Kier alpha value is -1.06. The molecule has 0 spiro atoms. The fourth-order valence-electron chi connectivity index (χ4n) is 2.33. The van der Waals surface area contributed by atoms with Crippen LogP contribution in [0, 0.1) is 11.8 Å². The van der Waals surface area contributed by atoms with Crippen molar-refractivity contribution >= 4 is 11.7 Å². The molecule has 0 aliphatic carbocycles. The molecule has 0 fully saturated rings. The molecule has 1 rings (SSSR count). The molecule has 4 heteroatoms. The molecular weight excluding hydrogens is 206 g/mol. The van der Waals surface area contributed by atoms with Crippen LogP contribution in [0.4, 0.5) is 0 Å². The van der Waals surface area contributed by atoms with Gasteiger partial charge in [-0.15, -0.1) is 0 Å². The van der Waals surface area contributed by atoms with Gasteiger partial charge >= 0.3 is 5.97 Å². The van der Waals surface area contributed by atoms with Gasteiger partial charge in [-0.1, -0.05) is 25.9 Å². The highest BCUT2D eigenvalue weighted by atomic mass is 16.7. The third-order valence-corrected chi connectivity index (χ3v) is 3.01. The van der Waals surface area contributed by atoms with Gasteiger partial charge in [0.1, 0.15) is 0 Å². The van der Waals surface area contributed by atoms with Gasteiger partial charge < -0.3 is 9.57 Å². The highest BCUT2D eigenvalue weighted by Crippen LogP contribution is 2.37. The number of rotatable bonds is 4. The van der Waals surface area contributed by atoms with Crippen molar-refractivity contribution < 1.29 is 14.4 Å². The van der Waals surface area contributed by atoms with Crippen LogP contribution in [-0.2, 0) is 14.4 Å². The molecule has 0 saturated carbocycles. The first-order valence-corrected chi connectivity index (χ1v) is 5.89. The van der Waals surface area contributed by atoms with Crippen molar-refractivity contribution in [3.05, 3.63) is 0 Å². The summed E-state index contributed by atoms with van der Waals surface area (Å²) in [6, 6.07) is 0. The predicted molar refractivity (Wildman–Crippen MR) is 62.2 cm³/mol. The van der Waals surface area contributed by atoms with Crippen LogP contribution >= 0.6 is 0 Å². The second-order valence-corrected chi connectivity index (χ2v) is 4.58.